The fraction of sp³-hybridized carbons (Fsp3) is 0.500. The molecule has 0 spiro atoms. The predicted octanol–water partition coefficient (Wildman–Crippen LogP) is 2.28. The number of carbonyl (C=O) groups is 1. The van der Waals surface area contributed by atoms with Gasteiger partial charge in [0.15, 0.2) is 5.65 Å². The van der Waals surface area contributed by atoms with Gasteiger partial charge in [0, 0.05) is 36.5 Å². The number of carbonyl (C=O) groups excluding carboxylic acids is 1. The van der Waals surface area contributed by atoms with Crippen LogP contribution in [0.3, 0.4) is 0 Å². The van der Waals surface area contributed by atoms with Gasteiger partial charge in [0.25, 0.3) is 0 Å². The number of tetrazole rings is 1. The maximum absolute atomic E-state index is 13.0. The zero-order chi connectivity index (χ0) is 19.0. The Labute approximate surface area is 158 Å². The zero-order valence-electron chi connectivity index (χ0n) is 16.2. The van der Waals surface area contributed by atoms with Gasteiger partial charge in [0.2, 0.25) is 5.91 Å². The van der Waals surface area contributed by atoms with E-state index in [4.69, 9.17) is 0 Å². The highest BCUT2D eigenvalue weighted by atomic mass is 16.2. The lowest BCUT2D eigenvalue weighted by molar-refractivity contribution is -0.139. The summed E-state index contributed by atoms with van der Waals surface area (Å²) in [6, 6.07) is 8.39. The second kappa shape index (κ2) is 7.23. The van der Waals surface area contributed by atoms with Crippen molar-refractivity contribution in [3.05, 3.63) is 35.4 Å². The van der Waals surface area contributed by atoms with Gasteiger partial charge >= 0.3 is 0 Å². The third kappa shape index (κ3) is 3.51. The number of rotatable bonds is 6. The van der Waals surface area contributed by atoms with Gasteiger partial charge in [-0.2, -0.15) is 4.52 Å². The number of amides is 1. The molecule has 27 heavy (non-hydrogen) atoms. The molecule has 2 aromatic heterocycles. The summed E-state index contributed by atoms with van der Waals surface area (Å²) in [6.07, 6.45) is 3.18. The molecule has 7 heteroatoms. The third-order valence-electron chi connectivity index (χ3n) is 5.45. The summed E-state index contributed by atoms with van der Waals surface area (Å²) in [5.41, 5.74) is 3.87. The van der Waals surface area contributed by atoms with E-state index in [0.29, 0.717) is 13.1 Å². The molecule has 0 N–H and O–H groups in total. The van der Waals surface area contributed by atoms with Crippen LogP contribution in [0.15, 0.2) is 24.3 Å². The molecule has 0 saturated heterocycles. The smallest absolute Gasteiger partial charge is 0.226 e. The first-order chi connectivity index (χ1) is 13.0. The number of benzene rings is 1. The van der Waals surface area contributed by atoms with Gasteiger partial charge in [0.05, 0.1) is 5.52 Å². The summed E-state index contributed by atoms with van der Waals surface area (Å²) in [5.74, 6) is 0.444. The Morgan fingerprint density at radius 2 is 2.04 bits per heavy atom. The first-order valence-electron chi connectivity index (χ1n) is 9.57. The Balaban J connectivity index is 1.70. The van der Waals surface area contributed by atoms with Gasteiger partial charge in [-0.25, -0.2) is 0 Å². The minimum atomic E-state index is 0.183. The molecule has 1 aliphatic carbocycles. The van der Waals surface area contributed by atoms with Crippen LogP contribution < -0.4 is 0 Å². The number of nitrogens with zero attached hydrogens (tertiary/aromatic N) is 6. The van der Waals surface area contributed by atoms with Crippen molar-refractivity contribution < 1.29 is 4.79 Å². The Hall–Kier alpha value is -2.54. The summed E-state index contributed by atoms with van der Waals surface area (Å²) in [5, 5.41) is 13.4. The van der Waals surface area contributed by atoms with Crippen molar-refractivity contribution in [2.24, 2.45) is 5.92 Å². The van der Waals surface area contributed by atoms with Crippen molar-refractivity contribution in [1.82, 2.24) is 29.8 Å². The molecule has 4 rings (SSSR count). The number of fused-ring (bicyclic) bond motifs is 3. The van der Waals surface area contributed by atoms with E-state index in [1.165, 1.54) is 5.56 Å². The van der Waals surface area contributed by atoms with E-state index < -0.39 is 0 Å². The van der Waals surface area contributed by atoms with E-state index in [1.807, 2.05) is 19.0 Å². The normalized spacial score (nSPS) is 14.8. The van der Waals surface area contributed by atoms with Crippen LogP contribution in [0.4, 0.5) is 0 Å². The Kier molecular flexibility index (Phi) is 4.78. The molecule has 0 bridgehead atoms. The fourth-order valence-corrected chi connectivity index (χ4v) is 3.58. The van der Waals surface area contributed by atoms with Crippen molar-refractivity contribution in [2.45, 2.75) is 32.7 Å². The molecule has 0 aliphatic heterocycles. The van der Waals surface area contributed by atoms with Gasteiger partial charge < -0.3 is 9.80 Å². The number of hydrogen-bond acceptors (Lipinski definition) is 5. The second-order valence-electron chi connectivity index (χ2n) is 7.84. The molecule has 0 atom stereocenters. The lowest BCUT2D eigenvalue weighted by Gasteiger charge is -2.32. The standard InChI is InChI=1S/C20H26N6O/c1-14-7-8-16-12-17(19-21-22-23-26(19)18(16)11-14)13-25(10-9-24(2)3)20(27)15-5-4-6-15/h7-8,11-12,15H,4-6,9-10,13H2,1-3H3. The van der Waals surface area contributed by atoms with Gasteiger partial charge in [0.1, 0.15) is 0 Å². The largest absolute Gasteiger partial charge is 0.337 e. The molecule has 2 heterocycles. The van der Waals surface area contributed by atoms with Crippen LogP contribution in [0.5, 0.6) is 0 Å². The highest BCUT2D eigenvalue weighted by molar-refractivity contribution is 5.84. The quantitative estimate of drug-likeness (QED) is 0.670. The van der Waals surface area contributed by atoms with Crippen LogP contribution in [-0.2, 0) is 11.3 Å². The topological polar surface area (TPSA) is 66.6 Å². The average Bonchev–Trinajstić information content (AvgIpc) is 3.07. The van der Waals surface area contributed by atoms with E-state index in [9.17, 15) is 4.79 Å². The van der Waals surface area contributed by atoms with Crippen molar-refractivity contribution in [2.75, 3.05) is 27.2 Å². The molecule has 142 valence electrons. The number of hydrogen-bond donors (Lipinski definition) is 0. The minimum absolute atomic E-state index is 0.183. The molecule has 1 amide bonds. The minimum Gasteiger partial charge on any atom is -0.337 e. The van der Waals surface area contributed by atoms with Crippen molar-refractivity contribution in [3.8, 4) is 0 Å². The number of aromatic nitrogens is 4. The summed E-state index contributed by atoms with van der Waals surface area (Å²) < 4.78 is 1.79. The van der Waals surface area contributed by atoms with Gasteiger partial charge in [-0.3, -0.25) is 4.79 Å². The fourth-order valence-electron chi connectivity index (χ4n) is 3.58. The van der Waals surface area contributed by atoms with Crippen LogP contribution in [0, 0.1) is 12.8 Å². The summed E-state index contributed by atoms with van der Waals surface area (Å²) in [4.78, 5) is 17.1. The third-order valence-corrected chi connectivity index (χ3v) is 5.45. The predicted molar refractivity (Wildman–Crippen MR) is 104 cm³/mol. The average molecular weight is 366 g/mol. The van der Waals surface area contributed by atoms with E-state index in [1.54, 1.807) is 4.52 Å². The van der Waals surface area contributed by atoms with Crippen LogP contribution in [0.1, 0.15) is 30.4 Å². The SMILES string of the molecule is Cc1ccc2cc(CN(CCN(C)C)C(=O)C3CCC3)c3nnnn3c2c1. The highest BCUT2D eigenvalue weighted by Gasteiger charge is 2.30. The van der Waals surface area contributed by atoms with Gasteiger partial charge in [-0.05, 0) is 62.0 Å². The van der Waals surface area contributed by atoms with Crippen LogP contribution in [0.2, 0.25) is 0 Å². The van der Waals surface area contributed by atoms with Gasteiger partial charge in [-0.1, -0.05) is 18.6 Å². The van der Waals surface area contributed by atoms with Crippen molar-refractivity contribution in [3.63, 3.8) is 0 Å². The van der Waals surface area contributed by atoms with Crippen LogP contribution in [0.25, 0.3) is 16.6 Å². The molecule has 1 saturated carbocycles. The zero-order valence-corrected chi connectivity index (χ0v) is 16.2. The monoisotopic (exact) mass is 366 g/mol. The molecular weight excluding hydrogens is 340 g/mol. The summed E-state index contributed by atoms with van der Waals surface area (Å²) >= 11 is 0. The molecule has 3 aromatic rings. The van der Waals surface area contributed by atoms with E-state index in [0.717, 1.165) is 47.9 Å². The number of pyridine rings is 1. The maximum atomic E-state index is 13.0. The van der Waals surface area contributed by atoms with Crippen LogP contribution >= 0.6 is 0 Å². The number of likely N-dealkylation sites (N-methyl/N-ethyl adjacent to an activating group) is 1. The lowest BCUT2D eigenvalue weighted by Crippen LogP contribution is -2.41. The Bertz CT molecular complexity index is 975. The maximum Gasteiger partial charge on any atom is 0.226 e. The summed E-state index contributed by atoms with van der Waals surface area (Å²) in [7, 11) is 4.07. The highest BCUT2D eigenvalue weighted by Crippen LogP contribution is 2.29. The van der Waals surface area contributed by atoms with E-state index in [2.05, 4.69) is 51.6 Å². The molecule has 0 radical (unpaired) electrons. The van der Waals surface area contributed by atoms with Crippen molar-refractivity contribution in [1.29, 1.82) is 0 Å². The molecular formula is C20H26N6O. The van der Waals surface area contributed by atoms with Crippen LogP contribution in [-0.4, -0.2) is 62.9 Å². The van der Waals surface area contributed by atoms with Gasteiger partial charge in [-0.15, -0.1) is 5.10 Å². The van der Waals surface area contributed by atoms with E-state index in [-0.39, 0.29) is 11.8 Å². The lowest BCUT2D eigenvalue weighted by atomic mass is 9.84. The Morgan fingerprint density at radius 3 is 2.74 bits per heavy atom. The molecule has 1 fully saturated rings. The number of aryl methyl sites for hydroxylation is 1. The second-order valence-corrected chi connectivity index (χ2v) is 7.84. The molecule has 0 unspecified atom stereocenters. The Morgan fingerprint density at radius 1 is 1.22 bits per heavy atom. The summed E-state index contributed by atoms with van der Waals surface area (Å²) in [6.45, 7) is 4.15. The van der Waals surface area contributed by atoms with Crippen molar-refractivity contribution >= 4 is 22.5 Å². The molecule has 1 aromatic carbocycles. The first kappa shape index (κ1) is 17.9. The van der Waals surface area contributed by atoms with E-state index >= 15 is 0 Å². The molecule has 7 nitrogen and oxygen atoms in total. The first-order valence-corrected chi connectivity index (χ1v) is 9.57. The molecule has 1 aliphatic rings.